The SMILES string of the molecule is Cn1c(=O)c(O)c(C(=O)NCCCc2ccccc2C(F)(F)F)c2cc(CN=O)ccc21. The fourth-order valence-electron chi connectivity index (χ4n) is 3.57. The van der Waals surface area contributed by atoms with Gasteiger partial charge in [-0.1, -0.05) is 29.4 Å². The standard InChI is InChI=1S/C22H20F3N3O4/c1-28-17-9-8-13(12-27-32)11-15(17)18(19(29)21(28)31)20(30)26-10-4-6-14-5-2-3-7-16(14)22(23,24)25/h2-3,5,7-9,11,29H,4,6,10,12H2,1H3,(H,26,30). The number of amides is 1. The molecule has 1 aromatic heterocycles. The zero-order valence-electron chi connectivity index (χ0n) is 17.1. The number of benzene rings is 2. The smallest absolute Gasteiger partial charge is 0.416 e. The molecule has 0 unspecified atom stereocenters. The molecule has 0 saturated carbocycles. The Morgan fingerprint density at radius 3 is 2.59 bits per heavy atom. The van der Waals surface area contributed by atoms with Crippen LogP contribution >= 0.6 is 0 Å². The number of aromatic hydroxyl groups is 1. The number of carbonyl (C=O) groups excluding carboxylic acids is 1. The number of nitroso groups, excluding NO2 is 1. The van der Waals surface area contributed by atoms with Crippen molar-refractivity contribution in [2.75, 3.05) is 6.54 Å². The first-order valence-electron chi connectivity index (χ1n) is 9.72. The van der Waals surface area contributed by atoms with E-state index in [-0.39, 0.29) is 42.4 Å². The van der Waals surface area contributed by atoms with Crippen molar-refractivity contribution in [1.29, 1.82) is 0 Å². The molecule has 0 aliphatic carbocycles. The molecular weight excluding hydrogens is 427 g/mol. The summed E-state index contributed by atoms with van der Waals surface area (Å²) in [5.41, 5.74) is -0.787. The molecule has 10 heteroatoms. The fraction of sp³-hybridized carbons (Fsp3) is 0.273. The Morgan fingerprint density at radius 2 is 1.91 bits per heavy atom. The van der Waals surface area contributed by atoms with Crippen LogP contribution < -0.4 is 10.9 Å². The van der Waals surface area contributed by atoms with Crippen molar-refractivity contribution in [3.05, 3.63) is 80.0 Å². The van der Waals surface area contributed by atoms with Crippen LogP contribution in [0.1, 0.15) is 33.5 Å². The molecule has 0 aliphatic rings. The molecule has 0 bridgehead atoms. The quantitative estimate of drug-likeness (QED) is 0.424. The molecular formula is C22H20F3N3O4. The van der Waals surface area contributed by atoms with Gasteiger partial charge in [0.15, 0.2) is 5.75 Å². The normalized spacial score (nSPS) is 11.5. The number of hydrogen-bond donors (Lipinski definition) is 2. The molecule has 0 spiro atoms. The third-order valence-electron chi connectivity index (χ3n) is 5.14. The molecule has 2 N–H and O–H groups in total. The Hall–Kier alpha value is -3.69. The number of halogens is 3. The maximum Gasteiger partial charge on any atom is 0.416 e. The summed E-state index contributed by atoms with van der Waals surface area (Å²) in [6, 6.07) is 9.83. The third-order valence-corrected chi connectivity index (χ3v) is 5.14. The van der Waals surface area contributed by atoms with E-state index in [9.17, 15) is 32.8 Å². The second-order valence-corrected chi connectivity index (χ2v) is 7.24. The molecule has 2 aromatic carbocycles. The largest absolute Gasteiger partial charge is 0.502 e. The zero-order valence-corrected chi connectivity index (χ0v) is 17.1. The lowest BCUT2D eigenvalue weighted by Crippen LogP contribution is -2.28. The van der Waals surface area contributed by atoms with Gasteiger partial charge < -0.3 is 15.0 Å². The minimum atomic E-state index is -4.47. The number of nitrogens with one attached hydrogen (secondary N) is 1. The molecule has 0 saturated heterocycles. The third kappa shape index (κ3) is 4.63. The van der Waals surface area contributed by atoms with Crippen LogP contribution in [0, 0.1) is 4.91 Å². The molecule has 0 radical (unpaired) electrons. The number of carbonyl (C=O) groups is 1. The van der Waals surface area contributed by atoms with Gasteiger partial charge in [0.25, 0.3) is 11.5 Å². The number of fused-ring (bicyclic) bond motifs is 1. The maximum atomic E-state index is 13.1. The van der Waals surface area contributed by atoms with E-state index in [1.165, 1.54) is 35.9 Å². The lowest BCUT2D eigenvalue weighted by molar-refractivity contribution is -0.138. The van der Waals surface area contributed by atoms with Crippen molar-refractivity contribution in [3.63, 3.8) is 0 Å². The van der Waals surface area contributed by atoms with Crippen LogP contribution in [0.3, 0.4) is 0 Å². The highest BCUT2D eigenvalue weighted by Crippen LogP contribution is 2.32. The van der Waals surface area contributed by atoms with Crippen molar-refractivity contribution >= 4 is 16.8 Å². The van der Waals surface area contributed by atoms with Gasteiger partial charge in [0.2, 0.25) is 0 Å². The van der Waals surface area contributed by atoms with Gasteiger partial charge in [0.1, 0.15) is 6.54 Å². The summed E-state index contributed by atoms with van der Waals surface area (Å²) in [7, 11) is 1.43. The average molecular weight is 447 g/mol. The highest BCUT2D eigenvalue weighted by Gasteiger charge is 2.32. The first-order valence-corrected chi connectivity index (χ1v) is 9.72. The van der Waals surface area contributed by atoms with E-state index < -0.39 is 29.0 Å². The van der Waals surface area contributed by atoms with E-state index >= 15 is 0 Å². The number of aryl methyl sites for hydroxylation is 2. The molecule has 32 heavy (non-hydrogen) atoms. The summed E-state index contributed by atoms with van der Waals surface area (Å²) in [6.07, 6.45) is -4.18. The summed E-state index contributed by atoms with van der Waals surface area (Å²) in [5.74, 6) is -1.50. The van der Waals surface area contributed by atoms with Crippen molar-refractivity contribution in [2.45, 2.75) is 25.6 Å². The predicted octanol–water partition coefficient (Wildman–Crippen LogP) is 3.89. The summed E-state index contributed by atoms with van der Waals surface area (Å²) in [6.45, 7) is -0.129. The minimum Gasteiger partial charge on any atom is -0.502 e. The van der Waals surface area contributed by atoms with E-state index in [2.05, 4.69) is 10.5 Å². The van der Waals surface area contributed by atoms with Gasteiger partial charge in [-0.2, -0.15) is 18.1 Å². The molecule has 1 amide bonds. The van der Waals surface area contributed by atoms with E-state index in [1.54, 1.807) is 12.1 Å². The number of alkyl halides is 3. The lowest BCUT2D eigenvalue weighted by atomic mass is 10.0. The highest BCUT2D eigenvalue weighted by atomic mass is 19.4. The van der Waals surface area contributed by atoms with Gasteiger partial charge in [-0.15, -0.1) is 0 Å². The Bertz CT molecular complexity index is 1240. The van der Waals surface area contributed by atoms with Gasteiger partial charge in [-0.25, -0.2) is 0 Å². The van der Waals surface area contributed by atoms with Crippen molar-refractivity contribution in [2.24, 2.45) is 12.2 Å². The second kappa shape index (κ2) is 9.21. The molecule has 0 aliphatic heterocycles. The first kappa shape index (κ1) is 23.0. The van der Waals surface area contributed by atoms with E-state index in [4.69, 9.17) is 0 Å². The Morgan fingerprint density at radius 1 is 1.19 bits per heavy atom. The van der Waals surface area contributed by atoms with Gasteiger partial charge in [-0.05, 0) is 42.2 Å². The summed E-state index contributed by atoms with van der Waals surface area (Å²) in [4.78, 5) is 35.7. The molecule has 0 atom stereocenters. The minimum absolute atomic E-state index is 0.0246. The van der Waals surface area contributed by atoms with Crippen LogP contribution in [-0.4, -0.2) is 22.1 Å². The number of aromatic nitrogens is 1. The van der Waals surface area contributed by atoms with Crippen molar-refractivity contribution in [1.82, 2.24) is 9.88 Å². The van der Waals surface area contributed by atoms with Crippen molar-refractivity contribution in [3.8, 4) is 5.75 Å². The van der Waals surface area contributed by atoms with Crippen LogP contribution in [0.15, 0.2) is 52.4 Å². The molecule has 168 valence electrons. The maximum absolute atomic E-state index is 13.1. The summed E-state index contributed by atoms with van der Waals surface area (Å²) >= 11 is 0. The molecule has 3 aromatic rings. The van der Waals surface area contributed by atoms with Crippen LogP contribution in [0.2, 0.25) is 0 Å². The Kier molecular flexibility index (Phi) is 6.61. The lowest BCUT2D eigenvalue weighted by Gasteiger charge is -2.14. The van der Waals surface area contributed by atoms with Crippen molar-refractivity contribution < 1.29 is 23.1 Å². The number of rotatable bonds is 7. The van der Waals surface area contributed by atoms with E-state index in [1.807, 2.05) is 0 Å². The molecule has 0 fully saturated rings. The zero-order chi connectivity index (χ0) is 23.5. The van der Waals surface area contributed by atoms with Crippen LogP contribution in [0.5, 0.6) is 5.75 Å². The molecule has 1 heterocycles. The second-order valence-electron chi connectivity index (χ2n) is 7.24. The summed E-state index contributed by atoms with van der Waals surface area (Å²) < 4.78 is 40.5. The van der Waals surface area contributed by atoms with Gasteiger partial charge in [0, 0.05) is 19.0 Å². The topological polar surface area (TPSA) is 101 Å². The first-order chi connectivity index (χ1) is 15.1. The Labute approximate surface area is 180 Å². The van der Waals surface area contributed by atoms with Crippen LogP contribution in [-0.2, 0) is 26.2 Å². The van der Waals surface area contributed by atoms with Gasteiger partial charge >= 0.3 is 6.18 Å². The molecule has 7 nitrogen and oxygen atoms in total. The van der Waals surface area contributed by atoms with E-state index in [0.717, 1.165) is 6.07 Å². The van der Waals surface area contributed by atoms with Crippen LogP contribution in [0.25, 0.3) is 10.9 Å². The highest BCUT2D eigenvalue weighted by molar-refractivity contribution is 6.08. The Balaban J connectivity index is 1.81. The number of nitrogens with zero attached hydrogens (tertiary/aromatic N) is 2. The predicted molar refractivity (Wildman–Crippen MR) is 112 cm³/mol. The summed E-state index contributed by atoms with van der Waals surface area (Å²) in [5, 5.41) is 15.9. The fourth-order valence-corrected chi connectivity index (χ4v) is 3.57. The average Bonchev–Trinajstić information content (AvgIpc) is 2.75. The van der Waals surface area contributed by atoms with Gasteiger partial charge in [-0.3, -0.25) is 9.59 Å². The van der Waals surface area contributed by atoms with Crippen LogP contribution in [0.4, 0.5) is 13.2 Å². The number of pyridine rings is 1. The number of hydrogen-bond acceptors (Lipinski definition) is 5. The van der Waals surface area contributed by atoms with E-state index in [0.29, 0.717) is 11.1 Å². The molecule has 3 rings (SSSR count). The monoisotopic (exact) mass is 447 g/mol. The van der Waals surface area contributed by atoms with Gasteiger partial charge in [0.05, 0.1) is 16.6 Å².